The number of Topliss-reactive ketones (excluding diaryl/α,β-unsaturated/α-hetero) is 1. The average molecular weight is 202 g/mol. The van der Waals surface area contributed by atoms with Gasteiger partial charge in [-0.25, -0.2) is 4.79 Å². The first-order valence-electron chi connectivity index (χ1n) is 4.58. The van der Waals surface area contributed by atoms with E-state index in [0.717, 1.165) is 0 Å². The summed E-state index contributed by atoms with van der Waals surface area (Å²) in [5.74, 6) is -1.38. The van der Waals surface area contributed by atoms with Crippen LogP contribution in [0.5, 0.6) is 0 Å². The van der Waals surface area contributed by atoms with Crippen molar-refractivity contribution in [2.45, 2.75) is 27.7 Å². The van der Waals surface area contributed by atoms with E-state index in [4.69, 9.17) is 4.74 Å². The third-order valence-electron chi connectivity index (χ3n) is 1.28. The van der Waals surface area contributed by atoms with Crippen LogP contribution in [-0.2, 0) is 19.1 Å². The molecule has 0 aromatic carbocycles. The molecule has 0 saturated carbocycles. The lowest BCUT2D eigenvalue weighted by Crippen LogP contribution is -2.20. The lowest BCUT2D eigenvalue weighted by Gasteiger charge is -2.17. The van der Waals surface area contributed by atoms with Crippen LogP contribution < -0.4 is 0 Å². The molecule has 0 aromatic rings. The number of hydrogen-bond donors (Lipinski definition) is 0. The first kappa shape index (κ1) is 13.1. The van der Waals surface area contributed by atoms with Crippen molar-refractivity contribution in [3.63, 3.8) is 0 Å². The fraction of sp³-hybridized carbons (Fsp3) is 0.800. The van der Waals surface area contributed by atoms with Crippen molar-refractivity contribution in [2.24, 2.45) is 5.41 Å². The maximum absolute atomic E-state index is 10.7. The van der Waals surface area contributed by atoms with Gasteiger partial charge in [0.05, 0.1) is 13.2 Å². The molecule has 4 nitrogen and oxygen atoms in total. The summed E-state index contributed by atoms with van der Waals surface area (Å²) in [4.78, 5) is 21.1. The highest BCUT2D eigenvalue weighted by Gasteiger charge is 2.11. The minimum Gasteiger partial charge on any atom is -0.458 e. The summed E-state index contributed by atoms with van der Waals surface area (Å²) in [5.41, 5.74) is 0.102. The molecule has 0 unspecified atom stereocenters. The van der Waals surface area contributed by atoms with Crippen LogP contribution in [0.4, 0.5) is 0 Å². The summed E-state index contributed by atoms with van der Waals surface area (Å²) in [6, 6.07) is 0. The van der Waals surface area contributed by atoms with Crippen molar-refractivity contribution in [2.75, 3.05) is 19.8 Å². The predicted octanol–water partition coefficient (Wildman–Crippen LogP) is 1.18. The number of hydrogen-bond acceptors (Lipinski definition) is 4. The lowest BCUT2D eigenvalue weighted by atomic mass is 9.99. The Balaban J connectivity index is 3.39. The van der Waals surface area contributed by atoms with Crippen LogP contribution in [0.1, 0.15) is 27.7 Å². The standard InChI is InChI=1S/C10H18O4/c1-8(11)9(12)14-6-5-13-7-10(2,3)4/h5-7H2,1-4H3. The second-order valence-corrected chi connectivity index (χ2v) is 4.31. The normalized spacial score (nSPS) is 11.1. The maximum Gasteiger partial charge on any atom is 0.374 e. The van der Waals surface area contributed by atoms with Gasteiger partial charge in [0.15, 0.2) is 0 Å². The molecule has 0 aromatic heterocycles. The van der Waals surface area contributed by atoms with Gasteiger partial charge in [-0.1, -0.05) is 20.8 Å². The monoisotopic (exact) mass is 202 g/mol. The van der Waals surface area contributed by atoms with Gasteiger partial charge in [0.1, 0.15) is 6.61 Å². The van der Waals surface area contributed by atoms with Gasteiger partial charge in [0, 0.05) is 6.92 Å². The summed E-state index contributed by atoms with van der Waals surface area (Å²) in [7, 11) is 0. The molecule has 0 atom stereocenters. The second kappa shape index (κ2) is 5.75. The maximum atomic E-state index is 10.7. The summed E-state index contributed by atoms with van der Waals surface area (Å²) in [6.45, 7) is 8.39. The third kappa shape index (κ3) is 7.73. The Morgan fingerprint density at radius 2 is 1.71 bits per heavy atom. The zero-order valence-electron chi connectivity index (χ0n) is 9.25. The summed E-state index contributed by atoms with van der Waals surface area (Å²) >= 11 is 0. The zero-order chi connectivity index (χ0) is 11.2. The van der Waals surface area contributed by atoms with E-state index in [9.17, 15) is 9.59 Å². The van der Waals surface area contributed by atoms with Crippen molar-refractivity contribution in [1.82, 2.24) is 0 Å². The molecule has 0 bridgehead atoms. The van der Waals surface area contributed by atoms with E-state index in [-0.39, 0.29) is 12.0 Å². The average Bonchev–Trinajstić information content (AvgIpc) is 2.01. The summed E-state index contributed by atoms with van der Waals surface area (Å²) < 4.78 is 9.84. The van der Waals surface area contributed by atoms with Crippen molar-refractivity contribution in [3.05, 3.63) is 0 Å². The Kier molecular flexibility index (Phi) is 5.38. The number of ether oxygens (including phenoxy) is 2. The van der Waals surface area contributed by atoms with Crippen molar-refractivity contribution in [3.8, 4) is 0 Å². The summed E-state index contributed by atoms with van der Waals surface area (Å²) in [6.07, 6.45) is 0. The SMILES string of the molecule is CC(=O)C(=O)OCCOCC(C)(C)C. The van der Waals surface area contributed by atoms with E-state index >= 15 is 0 Å². The van der Waals surface area contributed by atoms with Crippen LogP contribution in [0.3, 0.4) is 0 Å². The van der Waals surface area contributed by atoms with Crippen LogP contribution >= 0.6 is 0 Å². The van der Waals surface area contributed by atoms with Crippen LogP contribution in [0, 0.1) is 5.41 Å². The smallest absolute Gasteiger partial charge is 0.374 e. The number of ketones is 1. The molecule has 0 aliphatic heterocycles. The Morgan fingerprint density at radius 3 is 2.14 bits per heavy atom. The predicted molar refractivity (Wildman–Crippen MR) is 51.9 cm³/mol. The van der Waals surface area contributed by atoms with E-state index in [1.165, 1.54) is 6.92 Å². The van der Waals surface area contributed by atoms with Crippen LogP contribution in [0.15, 0.2) is 0 Å². The Hall–Kier alpha value is -0.900. The second-order valence-electron chi connectivity index (χ2n) is 4.31. The highest BCUT2D eigenvalue weighted by molar-refractivity contribution is 6.32. The number of carbonyl (C=O) groups is 2. The zero-order valence-corrected chi connectivity index (χ0v) is 9.25. The molecule has 0 radical (unpaired) electrons. The van der Waals surface area contributed by atoms with Crippen molar-refractivity contribution >= 4 is 11.8 Å². The summed E-state index contributed by atoms with van der Waals surface area (Å²) in [5, 5.41) is 0. The Bertz CT molecular complexity index is 203. The number of carbonyl (C=O) groups excluding carboxylic acids is 2. The fourth-order valence-electron chi connectivity index (χ4n) is 0.673. The molecular formula is C10H18O4. The fourth-order valence-corrected chi connectivity index (χ4v) is 0.673. The van der Waals surface area contributed by atoms with Gasteiger partial charge in [-0.3, -0.25) is 4.79 Å². The molecule has 0 N–H and O–H groups in total. The molecule has 0 fully saturated rings. The van der Waals surface area contributed by atoms with E-state index in [1.54, 1.807) is 0 Å². The Morgan fingerprint density at radius 1 is 1.14 bits per heavy atom. The van der Waals surface area contributed by atoms with Gasteiger partial charge < -0.3 is 9.47 Å². The molecular weight excluding hydrogens is 184 g/mol. The molecule has 0 heterocycles. The largest absolute Gasteiger partial charge is 0.458 e. The molecule has 82 valence electrons. The van der Waals surface area contributed by atoms with E-state index in [1.807, 2.05) is 0 Å². The highest BCUT2D eigenvalue weighted by atomic mass is 16.6. The Labute approximate surface area is 84.6 Å². The van der Waals surface area contributed by atoms with Gasteiger partial charge in [0.2, 0.25) is 5.78 Å². The van der Waals surface area contributed by atoms with Crippen LogP contribution in [-0.4, -0.2) is 31.6 Å². The van der Waals surface area contributed by atoms with Gasteiger partial charge in [-0.15, -0.1) is 0 Å². The highest BCUT2D eigenvalue weighted by Crippen LogP contribution is 2.12. The first-order valence-corrected chi connectivity index (χ1v) is 4.58. The molecule has 14 heavy (non-hydrogen) atoms. The van der Waals surface area contributed by atoms with Gasteiger partial charge in [-0.2, -0.15) is 0 Å². The third-order valence-corrected chi connectivity index (χ3v) is 1.28. The molecule has 0 aliphatic carbocycles. The van der Waals surface area contributed by atoms with Gasteiger partial charge in [-0.05, 0) is 5.41 Å². The van der Waals surface area contributed by atoms with Gasteiger partial charge in [0.25, 0.3) is 0 Å². The minimum absolute atomic E-state index is 0.102. The number of esters is 1. The van der Waals surface area contributed by atoms with Crippen molar-refractivity contribution < 1.29 is 19.1 Å². The van der Waals surface area contributed by atoms with Crippen LogP contribution in [0.2, 0.25) is 0 Å². The molecule has 4 heteroatoms. The quantitative estimate of drug-likeness (QED) is 0.381. The molecule has 0 amide bonds. The van der Waals surface area contributed by atoms with Crippen LogP contribution in [0.25, 0.3) is 0 Å². The number of rotatable bonds is 5. The molecule has 0 saturated heterocycles. The molecule has 0 aliphatic rings. The minimum atomic E-state index is -0.802. The van der Waals surface area contributed by atoms with Crippen molar-refractivity contribution in [1.29, 1.82) is 0 Å². The first-order chi connectivity index (χ1) is 6.33. The van der Waals surface area contributed by atoms with E-state index in [0.29, 0.717) is 13.2 Å². The molecule has 0 rings (SSSR count). The van der Waals surface area contributed by atoms with E-state index in [2.05, 4.69) is 25.5 Å². The van der Waals surface area contributed by atoms with E-state index < -0.39 is 11.8 Å². The topological polar surface area (TPSA) is 52.6 Å². The lowest BCUT2D eigenvalue weighted by molar-refractivity contribution is -0.154. The molecule has 0 spiro atoms. The van der Waals surface area contributed by atoms with Gasteiger partial charge >= 0.3 is 5.97 Å².